The van der Waals surface area contributed by atoms with Crippen LogP contribution < -0.4 is 5.43 Å². The molecule has 37 heavy (non-hydrogen) atoms. The number of rotatable bonds is 9. The van der Waals surface area contributed by atoms with Crippen LogP contribution in [-0.2, 0) is 26.1 Å². The molecule has 0 radical (unpaired) electrons. The summed E-state index contributed by atoms with van der Waals surface area (Å²) >= 11 is 5.98. The van der Waals surface area contributed by atoms with E-state index < -0.39 is 28.4 Å². The van der Waals surface area contributed by atoms with Gasteiger partial charge in [0.05, 0.1) is 30.3 Å². The number of methoxy groups -OCH3 is 1. The molecule has 1 amide bonds. The number of amides is 1. The zero-order valence-electron chi connectivity index (χ0n) is 21.0. The maximum Gasteiger partial charge on any atom is 0.337 e. The van der Waals surface area contributed by atoms with E-state index in [4.69, 9.17) is 11.6 Å². The first-order chi connectivity index (χ1) is 17.5. The van der Waals surface area contributed by atoms with Crippen molar-refractivity contribution in [2.24, 2.45) is 5.10 Å². The third-order valence-corrected chi connectivity index (χ3v) is 7.88. The lowest BCUT2D eigenvalue weighted by atomic mass is 10.1. The van der Waals surface area contributed by atoms with E-state index in [0.717, 1.165) is 9.87 Å². The summed E-state index contributed by atoms with van der Waals surface area (Å²) in [6.45, 7) is 4.90. The fourth-order valence-electron chi connectivity index (χ4n) is 3.92. The first-order valence-corrected chi connectivity index (χ1v) is 13.2. The zero-order chi connectivity index (χ0) is 27.2. The SMILES string of the molecule is COC(=O)c1ccc(/C=N/NC(=O)CN(Cc2ccc(Cl)cc2)S(=O)(=O)c2c(C)cc(C)cc2C)cc1. The first-order valence-electron chi connectivity index (χ1n) is 11.3. The Balaban J connectivity index is 1.82. The molecule has 8 nitrogen and oxygen atoms in total. The number of esters is 1. The molecule has 1 N–H and O–H groups in total. The highest BCUT2D eigenvalue weighted by atomic mass is 35.5. The summed E-state index contributed by atoms with van der Waals surface area (Å²) in [6.07, 6.45) is 1.39. The van der Waals surface area contributed by atoms with Crippen LogP contribution in [0.15, 0.2) is 70.7 Å². The molecule has 10 heteroatoms. The molecule has 0 atom stereocenters. The predicted octanol–water partition coefficient (Wildman–Crippen LogP) is 4.39. The molecule has 0 aromatic heterocycles. The van der Waals surface area contributed by atoms with Crippen molar-refractivity contribution in [3.63, 3.8) is 0 Å². The van der Waals surface area contributed by atoms with Gasteiger partial charge in [0.1, 0.15) is 0 Å². The van der Waals surface area contributed by atoms with E-state index in [0.29, 0.717) is 32.8 Å². The number of nitrogens with one attached hydrogen (secondary N) is 1. The van der Waals surface area contributed by atoms with E-state index >= 15 is 0 Å². The second kappa shape index (κ2) is 12.1. The van der Waals surface area contributed by atoms with Crippen molar-refractivity contribution in [2.75, 3.05) is 13.7 Å². The Labute approximate surface area is 222 Å². The van der Waals surface area contributed by atoms with Gasteiger partial charge in [0.2, 0.25) is 10.0 Å². The minimum atomic E-state index is -4.03. The Morgan fingerprint density at radius 2 is 1.59 bits per heavy atom. The van der Waals surface area contributed by atoms with E-state index in [-0.39, 0.29) is 11.4 Å². The summed E-state index contributed by atoms with van der Waals surface area (Å²) in [5.74, 6) is -1.07. The summed E-state index contributed by atoms with van der Waals surface area (Å²) in [4.78, 5) is 24.5. The Hall–Kier alpha value is -3.53. The van der Waals surface area contributed by atoms with Crippen molar-refractivity contribution in [2.45, 2.75) is 32.2 Å². The number of ether oxygens (including phenoxy) is 1. The van der Waals surface area contributed by atoms with Crippen molar-refractivity contribution in [3.8, 4) is 0 Å². The van der Waals surface area contributed by atoms with Gasteiger partial charge in [0, 0.05) is 11.6 Å². The van der Waals surface area contributed by atoms with Gasteiger partial charge in [-0.25, -0.2) is 18.6 Å². The standard InChI is InChI=1S/C27H28ClN3O5S/c1-18-13-19(2)26(20(3)14-18)37(34,35)31(16-22-7-11-24(28)12-8-22)17-25(32)30-29-15-21-5-9-23(10-6-21)27(33)36-4/h5-15H,16-17H2,1-4H3,(H,30,32)/b29-15+. The van der Waals surface area contributed by atoms with E-state index in [1.807, 2.05) is 6.92 Å². The van der Waals surface area contributed by atoms with Gasteiger partial charge in [-0.15, -0.1) is 0 Å². The molecule has 0 aliphatic carbocycles. The number of nitrogens with zero attached hydrogens (tertiary/aromatic N) is 2. The number of sulfonamides is 1. The lowest BCUT2D eigenvalue weighted by Crippen LogP contribution is -2.39. The summed E-state index contributed by atoms with van der Waals surface area (Å²) < 4.78 is 33.3. The smallest absolute Gasteiger partial charge is 0.337 e. The number of benzene rings is 3. The molecule has 0 aliphatic rings. The van der Waals surface area contributed by atoms with Gasteiger partial charge in [-0.05, 0) is 67.3 Å². The van der Waals surface area contributed by atoms with Crippen LogP contribution in [0.25, 0.3) is 0 Å². The van der Waals surface area contributed by atoms with Crippen LogP contribution in [0.1, 0.15) is 38.2 Å². The minimum Gasteiger partial charge on any atom is -0.465 e. The molecule has 0 fully saturated rings. The highest BCUT2D eigenvalue weighted by molar-refractivity contribution is 7.89. The Morgan fingerprint density at radius 3 is 2.16 bits per heavy atom. The number of hydrogen-bond acceptors (Lipinski definition) is 6. The number of carbonyl (C=O) groups excluding carboxylic acids is 2. The van der Waals surface area contributed by atoms with Crippen LogP contribution in [0.3, 0.4) is 0 Å². The molecule has 0 spiro atoms. The van der Waals surface area contributed by atoms with Crippen molar-refractivity contribution < 1.29 is 22.7 Å². The van der Waals surface area contributed by atoms with Crippen molar-refractivity contribution in [1.29, 1.82) is 0 Å². The number of halogens is 1. The monoisotopic (exact) mass is 541 g/mol. The van der Waals surface area contributed by atoms with Crippen LogP contribution >= 0.6 is 11.6 Å². The number of aryl methyl sites for hydroxylation is 3. The quantitative estimate of drug-likeness (QED) is 0.246. The molecule has 3 aromatic carbocycles. The molecule has 0 aliphatic heterocycles. The second-order valence-corrected chi connectivity index (χ2v) is 10.8. The van der Waals surface area contributed by atoms with Gasteiger partial charge < -0.3 is 4.74 Å². The van der Waals surface area contributed by atoms with Crippen molar-refractivity contribution in [3.05, 3.63) is 99.1 Å². The molecular weight excluding hydrogens is 514 g/mol. The summed E-state index contributed by atoms with van der Waals surface area (Å²) in [5.41, 5.74) is 6.23. The Kier molecular flexibility index (Phi) is 9.20. The maximum atomic E-state index is 13.7. The Morgan fingerprint density at radius 1 is 1.00 bits per heavy atom. The second-order valence-electron chi connectivity index (χ2n) is 8.53. The van der Waals surface area contributed by atoms with Gasteiger partial charge >= 0.3 is 5.97 Å². The molecule has 0 unspecified atom stereocenters. The number of hydrogen-bond donors (Lipinski definition) is 1. The average molecular weight is 542 g/mol. The molecule has 0 saturated heterocycles. The summed E-state index contributed by atoms with van der Waals surface area (Å²) in [7, 11) is -2.73. The average Bonchev–Trinajstić information content (AvgIpc) is 2.84. The van der Waals surface area contributed by atoms with Crippen LogP contribution in [0.5, 0.6) is 0 Å². The van der Waals surface area contributed by atoms with Crippen LogP contribution in [-0.4, -0.2) is 44.5 Å². The molecule has 3 rings (SSSR count). The highest BCUT2D eigenvalue weighted by Crippen LogP contribution is 2.26. The topological polar surface area (TPSA) is 105 Å². The minimum absolute atomic E-state index is 0.0294. The van der Waals surface area contributed by atoms with Gasteiger partial charge in [-0.2, -0.15) is 9.41 Å². The van der Waals surface area contributed by atoms with E-state index in [1.54, 1.807) is 74.5 Å². The molecule has 0 saturated carbocycles. The molecule has 0 heterocycles. The summed E-state index contributed by atoms with van der Waals surface area (Å²) in [6, 6.07) is 16.8. The van der Waals surface area contributed by atoms with Gasteiger partial charge in [0.25, 0.3) is 5.91 Å². The van der Waals surface area contributed by atoms with Gasteiger partial charge in [-0.1, -0.05) is 53.6 Å². The number of hydrazone groups is 1. The zero-order valence-corrected chi connectivity index (χ0v) is 22.6. The number of carbonyl (C=O) groups is 2. The lowest BCUT2D eigenvalue weighted by molar-refractivity contribution is -0.121. The van der Waals surface area contributed by atoms with Crippen molar-refractivity contribution in [1.82, 2.24) is 9.73 Å². The normalized spacial score (nSPS) is 11.6. The van der Waals surface area contributed by atoms with E-state index in [2.05, 4.69) is 15.3 Å². The predicted molar refractivity (Wildman–Crippen MR) is 143 cm³/mol. The van der Waals surface area contributed by atoms with Crippen molar-refractivity contribution >= 4 is 39.7 Å². The van der Waals surface area contributed by atoms with E-state index in [9.17, 15) is 18.0 Å². The summed E-state index contributed by atoms with van der Waals surface area (Å²) in [5, 5.41) is 4.45. The highest BCUT2D eigenvalue weighted by Gasteiger charge is 2.30. The van der Waals surface area contributed by atoms with Gasteiger partial charge in [0.15, 0.2) is 0 Å². The molecular formula is C27H28ClN3O5S. The van der Waals surface area contributed by atoms with E-state index in [1.165, 1.54) is 13.3 Å². The molecule has 194 valence electrons. The third kappa shape index (κ3) is 7.25. The lowest BCUT2D eigenvalue weighted by Gasteiger charge is -2.24. The van der Waals surface area contributed by atoms with Crippen LogP contribution in [0, 0.1) is 20.8 Å². The van der Waals surface area contributed by atoms with Gasteiger partial charge in [-0.3, -0.25) is 4.79 Å². The fourth-order valence-corrected chi connectivity index (χ4v) is 5.84. The Bertz CT molecular complexity index is 1400. The molecule has 3 aromatic rings. The fraction of sp³-hybridized carbons (Fsp3) is 0.222. The maximum absolute atomic E-state index is 13.7. The van der Waals surface area contributed by atoms with Crippen LogP contribution in [0.2, 0.25) is 5.02 Å². The van der Waals surface area contributed by atoms with Crippen LogP contribution in [0.4, 0.5) is 0 Å². The molecule has 0 bridgehead atoms. The third-order valence-electron chi connectivity index (χ3n) is 5.53. The first kappa shape index (κ1) is 28.0. The largest absolute Gasteiger partial charge is 0.465 e.